The smallest absolute Gasteiger partial charge is 0.411 e. The number of aromatic nitrogens is 1. The fraction of sp³-hybridized carbons (Fsp3) is 0.453. The molecule has 4 aromatic carbocycles. The van der Waals surface area contributed by atoms with Crippen LogP contribution in [0.4, 0.5) is 10.5 Å². The summed E-state index contributed by atoms with van der Waals surface area (Å²) in [6.45, 7) is 16.7. The Balaban J connectivity index is 0.763. The lowest BCUT2D eigenvalue weighted by atomic mass is 10.0. The van der Waals surface area contributed by atoms with Gasteiger partial charge >= 0.3 is 6.09 Å². The number of nitrogens with zero attached hydrogens (tertiary/aromatic N) is 2. The highest BCUT2D eigenvalue weighted by Gasteiger charge is 2.42. The van der Waals surface area contributed by atoms with E-state index >= 15 is 0 Å². The van der Waals surface area contributed by atoms with Gasteiger partial charge in [-0.2, -0.15) is 0 Å². The van der Waals surface area contributed by atoms with Crippen LogP contribution >= 0.6 is 0 Å². The van der Waals surface area contributed by atoms with Crippen LogP contribution in [0, 0.1) is 11.8 Å². The molecule has 1 aliphatic heterocycles. The number of carbonyl (C=O) groups excluding carboxylic acids is 2. The zero-order valence-electron chi connectivity index (χ0n) is 39.6. The number of rotatable bonds is 20. The molecule has 352 valence electrons. The van der Waals surface area contributed by atoms with Crippen molar-refractivity contribution in [2.45, 2.75) is 83.2 Å². The molecule has 12 nitrogen and oxygen atoms in total. The fourth-order valence-electron chi connectivity index (χ4n) is 9.07. The molecule has 7 rings (SSSR count). The first-order chi connectivity index (χ1) is 31.6. The number of carbonyl (C=O) groups is 2. The van der Waals surface area contributed by atoms with E-state index in [9.17, 15) is 19.5 Å². The predicted molar refractivity (Wildman–Crippen MR) is 265 cm³/mol. The van der Waals surface area contributed by atoms with E-state index in [1.165, 1.54) is 17.2 Å². The van der Waals surface area contributed by atoms with Crippen LogP contribution < -0.4 is 16.2 Å². The van der Waals surface area contributed by atoms with Gasteiger partial charge in [0.05, 0.1) is 36.9 Å². The van der Waals surface area contributed by atoms with Crippen LogP contribution in [-0.2, 0) is 31.5 Å². The van der Waals surface area contributed by atoms with Crippen molar-refractivity contribution >= 4 is 36.9 Å². The van der Waals surface area contributed by atoms with Gasteiger partial charge in [0.1, 0.15) is 11.9 Å². The van der Waals surface area contributed by atoms with E-state index in [0.717, 1.165) is 73.1 Å². The Hall–Kier alpha value is -5.31. The van der Waals surface area contributed by atoms with E-state index in [2.05, 4.69) is 78.6 Å². The maximum absolute atomic E-state index is 13.0. The van der Waals surface area contributed by atoms with Crippen molar-refractivity contribution in [1.82, 2.24) is 20.1 Å². The number of nitrogens with one attached hydrogen (secondary N) is 3. The van der Waals surface area contributed by atoms with Crippen molar-refractivity contribution in [3.63, 3.8) is 0 Å². The number of phenolic OH excluding ortho intramolecular Hbond substituents is 1. The Bertz CT molecular complexity index is 2440. The first-order valence-electron chi connectivity index (χ1n) is 23.6. The third-order valence-electron chi connectivity index (χ3n) is 13.9. The number of hydrogen-bond donors (Lipinski definition) is 4. The lowest BCUT2D eigenvalue weighted by Crippen LogP contribution is -2.44. The molecule has 4 N–H and O–H groups in total. The Morgan fingerprint density at radius 1 is 0.879 bits per heavy atom. The monoisotopic (exact) mass is 915 g/mol. The maximum atomic E-state index is 13.0. The highest BCUT2D eigenvalue weighted by molar-refractivity contribution is 6.74. The minimum absolute atomic E-state index is 0.0192. The van der Waals surface area contributed by atoms with Gasteiger partial charge in [-0.25, -0.2) is 4.79 Å². The summed E-state index contributed by atoms with van der Waals surface area (Å²) in [4.78, 5) is 45.0. The molecule has 1 aliphatic carbocycles. The minimum atomic E-state index is -2.21. The number of aromatic hydroxyl groups is 1. The number of ether oxygens (including phenoxy) is 2. The number of anilines is 1. The van der Waals surface area contributed by atoms with Crippen LogP contribution in [0.3, 0.4) is 0 Å². The van der Waals surface area contributed by atoms with Crippen molar-refractivity contribution < 1.29 is 28.6 Å². The van der Waals surface area contributed by atoms with Crippen LogP contribution in [0.5, 0.6) is 5.75 Å². The first kappa shape index (κ1) is 48.6. The highest BCUT2D eigenvalue weighted by Crippen LogP contribution is 2.42. The number of likely N-dealkylation sites (N-methyl/N-ethyl adjacent to an activating group) is 1. The van der Waals surface area contributed by atoms with E-state index in [1.807, 2.05) is 67.7 Å². The Morgan fingerprint density at radius 3 is 2.27 bits per heavy atom. The van der Waals surface area contributed by atoms with E-state index in [4.69, 9.17) is 13.9 Å². The molecule has 1 saturated heterocycles. The summed E-state index contributed by atoms with van der Waals surface area (Å²) in [6.07, 6.45) is 3.17. The van der Waals surface area contributed by atoms with E-state index < -0.39 is 8.32 Å². The number of likely N-dealkylation sites (tertiary alicyclic amines) is 1. The van der Waals surface area contributed by atoms with Gasteiger partial charge in [-0.15, -0.1) is 0 Å². The topological polar surface area (TPSA) is 145 Å². The molecule has 1 aromatic heterocycles. The lowest BCUT2D eigenvalue weighted by Gasteiger charge is -2.39. The largest absolute Gasteiger partial charge is 0.506 e. The summed E-state index contributed by atoms with van der Waals surface area (Å²) < 4.78 is 18.7. The van der Waals surface area contributed by atoms with Gasteiger partial charge in [0.25, 0.3) is 0 Å². The summed E-state index contributed by atoms with van der Waals surface area (Å²) in [5.74, 6) is 1.16. The first-order valence-corrected chi connectivity index (χ1v) is 26.5. The number of hydrogen-bond acceptors (Lipinski definition) is 9. The van der Waals surface area contributed by atoms with Crippen molar-refractivity contribution in [2.75, 3.05) is 64.8 Å². The molecule has 13 heteroatoms. The van der Waals surface area contributed by atoms with Crippen molar-refractivity contribution in [3.05, 3.63) is 130 Å². The summed E-state index contributed by atoms with van der Waals surface area (Å²) >= 11 is 0. The summed E-state index contributed by atoms with van der Waals surface area (Å²) in [6, 6.07) is 33.4. The van der Waals surface area contributed by atoms with Gasteiger partial charge in [0, 0.05) is 63.3 Å². The van der Waals surface area contributed by atoms with Gasteiger partial charge in [-0.3, -0.25) is 14.9 Å². The van der Waals surface area contributed by atoms with Gasteiger partial charge < -0.3 is 39.1 Å². The zero-order chi connectivity index (χ0) is 46.8. The van der Waals surface area contributed by atoms with E-state index in [-0.39, 0.29) is 40.6 Å². The lowest BCUT2D eigenvalue weighted by molar-refractivity contribution is -0.131. The molecular weight excluding hydrogens is 847 g/mol. The number of H-pyrrole nitrogens is 1. The molecule has 2 heterocycles. The highest BCUT2D eigenvalue weighted by atomic mass is 28.4. The number of amides is 2. The molecule has 2 unspecified atom stereocenters. The molecular formula is C53H69N5O7Si. The van der Waals surface area contributed by atoms with Gasteiger partial charge in [0.15, 0.2) is 8.32 Å². The molecule has 3 atom stereocenters. The number of phenols is 1. The predicted octanol–water partition coefficient (Wildman–Crippen LogP) is 9.16. The molecule has 66 heavy (non-hydrogen) atoms. The second kappa shape index (κ2) is 22.0. The quantitative estimate of drug-likeness (QED) is 0.0444. The van der Waals surface area contributed by atoms with Crippen molar-refractivity contribution in [3.8, 4) is 16.9 Å². The summed E-state index contributed by atoms with van der Waals surface area (Å²) in [7, 11) is -0.390. The normalized spacial score (nSPS) is 18.0. The summed E-state index contributed by atoms with van der Waals surface area (Å²) in [5, 5.41) is 17.7. The Labute approximate surface area is 391 Å². The molecule has 0 spiro atoms. The third-order valence-corrected chi connectivity index (χ3v) is 18.4. The zero-order valence-corrected chi connectivity index (χ0v) is 40.6. The van der Waals surface area contributed by atoms with E-state index in [0.29, 0.717) is 56.6 Å². The third kappa shape index (κ3) is 12.8. The molecule has 2 fully saturated rings. The van der Waals surface area contributed by atoms with Crippen LogP contribution in [0.15, 0.2) is 108 Å². The molecule has 1 saturated carbocycles. The second-order valence-corrected chi connectivity index (χ2v) is 24.4. The molecule has 2 aliphatic rings. The molecule has 2 amide bonds. The minimum Gasteiger partial charge on any atom is -0.506 e. The second-order valence-electron chi connectivity index (χ2n) is 19.7. The maximum Gasteiger partial charge on any atom is 0.411 e. The average molecular weight is 916 g/mol. The van der Waals surface area contributed by atoms with Crippen molar-refractivity contribution in [2.24, 2.45) is 11.8 Å². The SMILES string of the molecule is CN(CCNC[C@H](O[Si](C)(C)C(C)(C)C)c1ccc(O)c2[nH]c(=O)ccc12)C(=O)CCOCCc1ccc(CCN2CC3CC(OC(=O)Nc4ccccc4-c4ccccc4)CC3C2)cc1. The molecule has 5 aromatic rings. The molecule has 0 bridgehead atoms. The Kier molecular flexibility index (Phi) is 16.2. The van der Waals surface area contributed by atoms with Crippen LogP contribution in [0.1, 0.15) is 62.8 Å². The van der Waals surface area contributed by atoms with Crippen LogP contribution in [0.25, 0.3) is 22.0 Å². The molecule has 0 radical (unpaired) electrons. The number of pyridine rings is 1. The number of aromatic amines is 1. The van der Waals surface area contributed by atoms with Crippen LogP contribution in [-0.4, -0.2) is 106 Å². The van der Waals surface area contributed by atoms with Gasteiger partial charge in [-0.1, -0.05) is 99.6 Å². The number of para-hydroxylation sites is 1. The fourth-order valence-corrected chi connectivity index (χ4v) is 10.3. The number of fused-ring (bicyclic) bond motifs is 2. The standard InChI is InChI=1S/C53H69N5O7Si/c1-53(2,3)66(5,6)65-48(44-20-22-47(59)51-45(44)21-23-49(60)56-51)34-54-27-29-57(4)50(61)26-31-63-30-25-38-18-16-37(17-19-38)24-28-58-35-40-32-42(33-41(40)36-58)64-52(62)55-46-15-11-10-14-43(46)39-12-8-7-9-13-39/h7-23,40-42,48,54,59H,24-36H2,1-6H3,(H,55,62)(H,56,60)/t40?,41?,42?,48-/m0/s1. The number of benzene rings is 4. The van der Waals surface area contributed by atoms with Gasteiger partial charge in [-0.05, 0) is 96.1 Å². The van der Waals surface area contributed by atoms with Gasteiger partial charge in [0.2, 0.25) is 11.5 Å². The Morgan fingerprint density at radius 2 is 1.56 bits per heavy atom. The van der Waals surface area contributed by atoms with Crippen molar-refractivity contribution in [1.29, 1.82) is 0 Å². The van der Waals surface area contributed by atoms with E-state index in [1.54, 1.807) is 17.0 Å². The van der Waals surface area contributed by atoms with Crippen LogP contribution in [0.2, 0.25) is 18.1 Å². The average Bonchev–Trinajstić information content (AvgIpc) is 3.85. The summed E-state index contributed by atoms with van der Waals surface area (Å²) in [5.41, 5.74) is 6.33.